The summed E-state index contributed by atoms with van der Waals surface area (Å²) in [5.41, 5.74) is 0.213. The van der Waals surface area contributed by atoms with E-state index in [9.17, 15) is 9.59 Å². The quantitative estimate of drug-likeness (QED) is 0.774. The van der Waals surface area contributed by atoms with Gasteiger partial charge in [-0.1, -0.05) is 0 Å². The third-order valence-corrected chi connectivity index (χ3v) is 5.78. The highest BCUT2D eigenvalue weighted by atomic mass is 16.5. The summed E-state index contributed by atoms with van der Waals surface area (Å²) in [4.78, 5) is 27.8. The predicted molar refractivity (Wildman–Crippen MR) is 97.4 cm³/mol. The van der Waals surface area contributed by atoms with Gasteiger partial charge in [0, 0.05) is 32.7 Å². The molecular weight excluding hydrogens is 320 g/mol. The summed E-state index contributed by atoms with van der Waals surface area (Å²) in [6.45, 7) is 7.66. The standard InChI is InChI=1S/C18H34N4O3/c1-14(2)21(4)12-16(23)22-9-7-18(8-10-22)6-5-15(25-13-18)11-20-17(24)19-3/h14-15H,5-13H2,1-4H3,(H2,19,20,24). The summed E-state index contributed by atoms with van der Waals surface area (Å²) >= 11 is 0. The number of carbonyl (C=O) groups is 2. The Hall–Kier alpha value is -1.34. The minimum Gasteiger partial charge on any atom is -0.376 e. The van der Waals surface area contributed by atoms with Gasteiger partial charge >= 0.3 is 6.03 Å². The number of nitrogens with one attached hydrogen (secondary N) is 2. The molecule has 1 spiro atoms. The lowest BCUT2D eigenvalue weighted by molar-refractivity contribution is -0.138. The number of carbonyl (C=O) groups excluding carboxylic acids is 2. The van der Waals surface area contributed by atoms with E-state index in [0.717, 1.165) is 45.4 Å². The van der Waals surface area contributed by atoms with E-state index < -0.39 is 0 Å². The van der Waals surface area contributed by atoms with Crippen LogP contribution in [0.4, 0.5) is 4.79 Å². The van der Waals surface area contributed by atoms with Gasteiger partial charge in [-0.15, -0.1) is 0 Å². The van der Waals surface area contributed by atoms with Crippen molar-refractivity contribution >= 4 is 11.9 Å². The van der Waals surface area contributed by atoms with Crippen LogP contribution in [-0.2, 0) is 9.53 Å². The topological polar surface area (TPSA) is 73.9 Å². The molecule has 2 N–H and O–H groups in total. The Balaban J connectivity index is 1.73. The van der Waals surface area contributed by atoms with Gasteiger partial charge in [-0.2, -0.15) is 0 Å². The molecule has 0 aliphatic carbocycles. The highest BCUT2D eigenvalue weighted by Gasteiger charge is 2.39. The summed E-state index contributed by atoms with van der Waals surface area (Å²) in [6, 6.07) is 0.217. The summed E-state index contributed by atoms with van der Waals surface area (Å²) in [5, 5.41) is 5.36. The van der Waals surface area contributed by atoms with Gasteiger partial charge in [0.15, 0.2) is 0 Å². The molecule has 0 aromatic heterocycles. The van der Waals surface area contributed by atoms with E-state index in [1.807, 2.05) is 11.9 Å². The van der Waals surface area contributed by atoms with Crippen LogP contribution in [0.25, 0.3) is 0 Å². The summed E-state index contributed by atoms with van der Waals surface area (Å²) in [6.07, 6.45) is 4.20. The van der Waals surface area contributed by atoms with E-state index in [1.54, 1.807) is 7.05 Å². The number of nitrogens with zero attached hydrogens (tertiary/aromatic N) is 2. The van der Waals surface area contributed by atoms with Crippen molar-refractivity contribution < 1.29 is 14.3 Å². The third-order valence-electron chi connectivity index (χ3n) is 5.78. The monoisotopic (exact) mass is 354 g/mol. The maximum Gasteiger partial charge on any atom is 0.314 e. The lowest BCUT2D eigenvalue weighted by Gasteiger charge is -2.46. The van der Waals surface area contributed by atoms with Crippen LogP contribution < -0.4 is 10.6 Å². The minimum absolute atomic E-state index is 0.0993. The Bertz CT molecular complexity index is 451. The van der Waals surface area contributed by atoms with Crippen LogP contribution in [0, 0.1) is 5.41 Å². The summed E-state index contributed by atoms with van der Waals surface area (Å²) < 4.78 is 6.00. The molecule has 1 atom stereocenters. The van der Waals surface area contributed by atoms with E-state index in [2.05, 4.69) is 29.4 Å². The average molecular weight is 354 g/mol. The van der Waals surface area contributed by atoms with Crippen LogP contribution in [0.3, 0.4) is 0 Å². The van der Waals surface area contributed by atoms with Gasteiger partial charge in [0.2, 0.25) is 5.91 Å². The number of rotatable bonds is 5. The number of amides is 3. The number of ether oxygens (including phenoxy) is 1. The van der Waals surface area contributed by atoms with Crippen molar-refractivity contribution in [3.63, 3.8) is 0 Å². The zero-order chi connectivity index (χ0) is 18.4. The summed E-state index contributed by atoms with van der Waals surface area (Å²) in [7, 11) is 3.61. The maximum atomic E-state index is 12.4. The Labute approximate surface area is 151 Å². The first kappa shape index (κ1) is 20.0. The van der Waals surface area contributed by atoms with E-state index in [0.29, 0.717) is 19.1 Å². The second-order valence-corrected chi connectivity index (χ2v) is 7.82. The number of likely N-dealkylation sites (tertiary alicyclic amines) is 1. The fourth-order valence-corrected chi connectivity index (χ4v) is 3.49. The van der Waals surface area contributed by atoms with Gasteiger partial charge in [0.1, 0.15) is 0 Å². The molecule has 0 aromatic carbocycles. The van der Waals surface area contributed by atoms with Crippen molar-refractivity contribution in [2.75, 3.05) is 46.9 Å². The van der Waals surface area contributed by atoms with Crippen molar-refractivity contribution in [3.05, 3.63) is 0 Å². The Morgan fingerprint density at radius 2 is 1.96 bits per heavy atom. The average Bonchev–Trinajstić information content (AvgIpc) is 2.61. The number of likely N-dealkylation sites (N-methyl/N-ethyl adjacent to an activating group) is 1. The molecule has 2 fully saturated rings. The van der Waals surface area contributed by atoms with Crippen molar-refractivity contribution in [2.45, 2.75) is 51.7 Å². The maximum absolute atomic E-state index is 12.4. The molecule has 0 bridgehead atoms. The van der Waals surface area contributed by atoms with E-state index >= 15 is 0 Å². The molecule has 2 aliphatic rings. The first-order valence-corrected chi connectivity index (χ1v) is 9.40. The highest BCUT2D eigenvalue weighted by molar-refractivity contribution is 5.78. The lowest BCUT2D eigenvalue weighted by Crippen LogP contribution is -2.51. The lowest BCUT2D eigenvalue weighted by atomic mass is 9.73. The molecule has 2 saturated heterocycles. The van der Waals surface area contributed by atoms with Crippen LogP contribution >= 0.6 is 0 Å². The Kier molecular flexibility index (Phi) is 7.07. The van der Waals surface area contributed by atoms with Crippen molar-refractivity contribution in [3.8, 4) is 0 Å². The minimum atomic E-state index is -0.165. The fourth-order valence-electron chi connectivity index (χ4n) is 3.49. The van der Waals surface area contributed by atoms with E-state index in [-0.39, 0.29) is 23.5 Å². The third kappa shape index (κ3) is 5.57. The molecule has 2 aliphatic heterocycles. The molecule has 0 radical (unpaired) electrons. The molecule has 2 heterocycles. The number of hydrogen-bond acceptors (Lipinski definition) is 4. The van der Waals surface area contributed by atoms with Crippen LogP contribution in [0.2, 0.25) is 0 Å². The molecule has 7 nitrogen and oxygen atoms in total. The van der Waals surface area contributed by atoms with Gasteiger partial charge in [-0.3, -0.25) is 9.69 Å². The second kappa shape index (κ2) is 8.85. The second-order valence-electron chi connectivity index (χ2n) is 7.82. The zero-order valence-electron chi connectivity index (χ0n) is 16.1. The zero-order valence-corrected chi connectivity index (χ0v) is 16.1. The van der Waals surface area contributed by atoms with Gasteiger partial charge in [0.25, 0.3) is 0 Å². The molecular formula is C18H34N4O3. The van der Waals surface area contributed by atoms with Crippen LogP contribution in [0.1, 0.15) is 39.5 Å². The predicted octanol–water partition coefficient (Wildman–Crippen LogP) is 1.04. The van der Waals surface area contributed by atoms with Crippen LogP contribution in [0.15, 0.2) is 0 Å². The van der Waals surface area contributed by atoms with E-state index in [4.69, 9.17) is 4.74 Å². The van der Waals surface area contributed by atoms with Gasteiger partial charge in [-0.25, -0.2) is 4.79 Å². The highest BCUT2D eigenvalue weighted by Crippen LogP contribution is 2.40. The van der Waals surface area contributed by atoms with Crippen molar-refractivity contribution in [1.82, 2.24) is 20.4 Å². The van der Waals surface area contributed by atoms with Crippen LogP contribution in [0.5, 0.6) is 0 Å². The normalized spacial score (nSPS) is 23.1. The van der Waals surface area contributed by atoms with Gasteiger partial charge in [-0.05, 0) is 52.0 Å². The molecule has 7 heteroatoms. The smallest absolute Gasteiger partial charge is 0.314 e. The fraction of sp³-hybridized carbons (Fsp3) is 0.889. The molecule has 2 rings (SSSR count). The number of hydrogen-bond donors (Lipinski definition) is 2. The summed E-state index contributed by atoms with van der Waals surface area (Å²) in [5.74, 6) is 0.232. The largest absolute Gasteiger partial charge is 0.376 e. The van der Waals surface area contributed by atoms with Crippen molar-refractivity contribution in [1.29, 1.82) is 0 Å². The van der Waals surface area contributed by atoms with Crippen LogP contribution in [-0.4, -0.2) is 80.8 Å². The molecule has 0 aromatic rings. The first-order valence-electron chi connectivity index (χ1n) is 9.40. The Morgan fingerprint density at radius 1 is 1.28 bits per heavy atom. The number of piperidine rings is 1. The Morgan fingerprint density at radius 3 is 2.48 bits per heavy atom. The van der Waals surface area contributed by atoms with Gasteiger partial charge in [0.05, 0.1) is 19.3 Å². The molecule has 3 amide bonds. The molecule has 1 unspecified atom stereocenters. The first-order chi connectivity index (χ1) is 11.8. The van der Waals surface area contributed by atoms with E-state index in [1.165, 1.54) is 0 Å². The van der Waals surface area contributed by atoms with Crippen molar-refractivity contribution in [2.24, 2.45) is 5.41 Å². The molecule has 0 saturated carbocycles. The number of urea groups is 1. The SMILES string of the molecule is CNC(=O)NCC1CCC2(CCN(C(=O)CN(C)C(C)C)CC2)CO1. The van der Waals surface area contributed by atoms with Gasteiger partial charge < -0.3 is 20.3 Å². The molecule has 144 valence electrons. The molecule has 25 heavy (non-hydrogen) atoms.